The van der Waals surface area contributed by atoms with Gasteiger partial charge in [0, 0.05) is 30.7 Å². The Hall–Kier alpha value is -3.09. The molecule has 24 heavy (non-hydrogen) atoms. The van der Waals surface area contributed by atoms with Gasteiger partial charge >= 0.3 is 0 Å². The first kappa shape index (κ1) is 15.8. The second-order valence-corrected chi connectivity index (χ2v) is 5.44. The van der Waals surface area contributed by atoms with E-state index in [1.165, 1.54) is 12.1 Å². The Morgan fingerprint density at radius 2 is 2.08 bits per heavy atom. The molecule has 0 unspecified atom stereocenters. The maximum absolute atomic E-state index is 12.5. The molecule has 0 spiro atoms. The molecular weight excluding hydrogens is 310 g/mol. The van der Waals surface area contributed by atoms with Gasteiger partial charge in [-0.05, 0) is 18.2 Å². The van der Waals surface area contributed by atoms with Crippen LogP contribution in [0.3, 0.4) is 0 Å². The molecule has 0 radical (unpaired) electrons. The number of rotatable bonds is 4. The predicted molar refractivity (Wildman–Crippen MR) is 89.4 cm³/mol. The molecule has 1 atom stereocenters. The number of anilines is 1. The molecule has 2 aromatic rings. The molecule has 0 saturated heterocycles. The molecule has 2 aromatic carbocycles. The number of hydrogen-bond acceptors (Lipinski definition) is 5. The van der Waals surface area contributed by atoms with E-state index in [1.807, 2.05) is 24.3 Å². The van der Waals surface area contributed by atoms with E-state index < -0.39 is 4.92 Å². The molecule has 124 valence electrons. The van der Waals surface area contributed by atoms with Crippen molar-refractivity contribution in [2.24, 2.45) is 0 Å². The summed E-state index contributed by atoms with van der Waals surface area (Å²) in [7, 11) is 1.60. The zero-order valence-corrected chi connectivity index (χ0v) is 13.1. The maximum Gasteiger partial charge on any atom is 0.293 e. The van der Waals surface area contributed by atoms with Crippen molar-refractivity contribution in [3.8, 4) is 5.75 Å². The second-order valence-electron chi connectivity index (χ2n) is 5.44. The molecule has 3 rings (SSSR count). The molecule has 0 saturated carbocycles. The van der Waals surface area contributed by atoms with Crippen molar-refractivity contribution in [1.82, 2.24) is 5.32 Å². The summed E-state index contributed by atoms with van der Waals surface area (Å²) in [6, 6.07) is 11.7. The minimum Gasteiger partial charge on any atom is -0.493 e. The number of nitro benzene ring substituents is 1. The Kier molecular flexibility index (Phi) is 4.33. The summed E-state index contributed by atoms with van der Waals surface area (Å²) in [5, 5.41) is 16.8. The van der Waals surface area contributed by atoms with Gasteiger partial charge in [-0.2, -0.15) is 0 Å². The molecule has 0 aromatic heterocycles. The van der Waals surface area contributed by atoms with Gasteiger partial charge in [0.1, 0.15) is 11.4 Å². The van der Waals surface area contributed by atoms with Gasteiger partial charge in [0.25, 0.3) is 11.6 Å². The summed E-state index contributed by atoms with van der Waals surface area (Å²) in [4.78, 5) is 23.1. The zero-order valence-electron chi connectivity index (χ0n) is 13.1. The number of carbonyl (C=O) groups excluding carboxylic acids is 1. The normalized spacial score (nSPS) is 15.8. The van der Waals surface area contributed by atoms with Gasteiger partial charge in [0.15, 0.2) is 0 Å². The van der Waals surface area contributed by atoms with E-state index in [1.54, 1.807) is 13.1 Å². The van der Waals surface area contributed by atoms with Gasteiger partial charge in [0.2, 0.25) is 0 Å². The van der Waals surface area contributed by atoms with E-state index in [-0.39, 0.29) is 23.2 Å². The third-order valence-corrected chi connectivity index (χ3v) is 3.99. The number of nitro groups is 1. The Morgan fingerprint density at radius 3 is 2.83 bits per heavy atom. The van der Waals surface area contributed by atoms with E-state index in [0.717, 1.165) is 11.3 Å². The number of nitrogens with one attached hydrogen (secondary N) is 2. The van der Waals surface area contributed by atoms with Crippen molar-refractivity contribution < 1.29 is 14.5 Å². The first-order chi connectivity index (χ1) is 11.6. The fourth-order valence-electron chi connectivity index (χ4n) is 2.77. The summed E-state index contributed by atoms with van der Waals surface area (Å²) in [6.07, 6.45) is 0.652. The minimum absolute atomic E-state index is 0.127. The van der Waals surface area contributed by atoms with Crippen LogP contribution in [0.15, 0.2) is 42.5 Å². The Balaban J connectivity index is 1.84. The molecule has 0 fully saturated rings. The molecule has 1 aliphatic rings. The summed E-state index contributed by atoms with van der Waals surface area (Å²) >= 11 is 0. The van der Waals surface area contributed by atoms with Crippen LogP contribution in [0, 0.1) is 10.1 Å². The average Bonchev–Trinajstić information content (AvgIpc) is 2.61. The first-order valence-electron chi connectivity index (χ1n) is 7.59. The lowest BCUT2D eigenvalue weighted by Gasteiger charge is -2.26. The average molecular weight is 327 g/mol. The minimum atomic E-state index is -0.508. The quantitative estimate of drug-likeness (QED) is 0.665. The molecule has 2 N–H and O–H groups in total. The highest BCUT2D eigenvalue weighted by Gasteiger charge is 2.24. The van der Waals surface area contributed by atoms with E-state index in [4.69, 9.17) is 4.74 Å². The summed E-state index contributed by atoms with van der Waals surface area (Å²) < 4.78 is 5.57. The lowest BCUT2D eigenvalue weighted by molar-refractivity contribution is -0.384. The van der Waals surface area contributed by atoms with Gasteiger partial charge in [-0.25, -0.2) is 0 Å². The molecular formula is C17H17N3O4. The predicted octanol–water partition coefficient (Wildman–Crippen LogP) is 2.89. The molecule has 0 bridgehead atoms. The van der Waals surface area contributed by atoms with E-state index >= 15 is 0 Å². The first-order valence-corrected chi connectivity index (χ1v) is 7.59. The van der Waals surface area contributed by atoms with Crippen LogP contribution in [0.2, 0.25) is 0 Å². The van der Waals surface area contributed by atoms with Crippen LogP contribution >= 0.6 is 0 Å². The standard InChI is InChI=1S/C17H17N3O4/c1-18-14-7-6-11(10-15(14)20(22)23)17(21)19-13-8-9-24-16-5-3-2-4-12(13)16/h2-7,10,13,18H,8-9H2,1H3,(H,19,21)/t13-/m1/s1. The topological polar surface area (TPSA) is 93.5 Å². The highest BCUT2D eigenvalue weighted by Crippen LogP contribution is 2.32. The monoisotopic (exact) mass is 327 g/mol. The van der Waals surface area contributed by atoms with Crippen LogP contribution < -0.4 is 15.4 Å². The molecule has 1 amide bonds. The lowest BCUT2D eigenvalue weighted by Crippen LogP contribution is -2.32. The molecule has 1 heterocycles. The van der Waals surface area contributed by atoms with Gasteiger partial charge in [0.05, 0.1) is 17.6 Å². The third-order valence-electron chi connectivity index (χ3n) is 3.99. The summed E-state index contributed by atoms with van der Waals surface area (Å²) in [6.45, 7) is 0.515. The number of fused-ring (bicyclic) bond motifs is 1. The number of nitrogens with zero attached hydrogens (tertiary/aromatic N) is 1. The number of benzene rings is 2. The molecule has 0 aliphatic carbocycles. The number of para-hydroxylation sites is 1. The second kappa shape index (κ2) is 6.57. The summed E-state index contributed by atoms with van der Waals surface area (Å²) in [5.74, 6) is 0.410. The van der Waals surface area contributed by atoms with Crippen LogP contribution in [-0.2, 0) is 0 Å². The van der Waals surface area contributed by atoms with Gasteiger partial charge in [-0.1, -0.05) is 18.2 Å². The third kappa shape index (κ3) is 3.01. The molecule has 7 nitrogen and oxygen atoms in total. The van der Waals surface area contributed by atoms with Crippen molar-refractivity contribution in [1.29, 1.82) is 0 Å². The lowest BCUT2D eigenvalue weighted by atomic mass is 10.00. The Morgan fingerprint density at radius 1 is 1.29 bits per heavy atom. The van der Waals surface area contributed by atoms with Gasteiger partial charge < -0.3 is 15.4 Å². The van der Waals surface area contributed by atoms with E-state index in [9.17, 15) is 14.9 Å². The fourth-order valence-corrected chi connectivity index (χ4v) is 2.77. The SMILES string of the molecule is CNc1ccc(C(=O)N[C@@H]2CCOc3ccccc32)cc1[N+](=O)[O-]. The largest absolute Gasteiger partial charge is 0.493 e. The highest BCUT2D eigenvalue weighted by atomic mass is 16.6. The Labute approximate surface area is 138 Å². The van der Waals surface area contributed by atoms with Crippen molar-refractivity contribution in [3.05, 3.63) is 63.7 Å². The van der Waals surface area contributed by atoms with Crippen LogP contribution in [0.1, 0.15) is 28.4 Å². The fraction of sp³-hybridized carbons (Fsp3) is 0.235. The molecule has 1 aliphatic heterocycles. The highest BCUT2D eigenvalue weighted by molar-refractivity contribution is 5.96. The van der Waals surface area contributed by atoms with Gasteiger partial charge in [-0.3, -0.25) is 14.9 Å². The van der Waals surface area contributed by atoms with E-state index in [0.29, 0.717) is 18.7 Å². The number of carbonyl (C=O) groups is 1. The van der Waals surface area contributed by atoms with Crippen LogP contribution in [0.25, 0.3) is 0 Å². The van der Waals surface area contributed by atoms with Crippen LogP contribution in [-0.4, -0.2) is 24.5 Å². The molecule has 7 heteroatoms. The van der Waals surface area contributed by atoms with Crippen molar-refractivity contribution >= 4 is 17.3 Å². The number of ether oxygens (including phenoxy) is 1. The van der Waals surface area contributed by atoms with Crippen LogP contribution in [0.4, 0.5) is 11.4 Å². The summed E-state index contributed by atoms with van der Waals surface area (Å²) in [5.41, 5.74) is 1.41. The van der Waals surface area contributed by atoms with Crippen molar-refractivity contribution in [2.45, 2.75) is 12.5 Å². The van der Waals surface area contributed by atoms with Gasteiger partial charge in [-0.15, -0.1) is 0 Å². The smallest absolute Gasteiger partial charge is 0.293 e. The van der Waals surface area contributed by atoms with E-state index in [2.05, 4.69) is 10.6 Å². The zero-order chi connectivity index (χ0) is 17.1. The van der Waals surface area contributed by atoms with Crippen molar-refractivity contribution in [2.75, 3.05) is 19.0 Å². The van der Waals surface area contributed by atoms with Crippen LogP contribution in [0.5, 0.6) is 5.75 Å². The maximum atomic E-state index is 12.5. The Bertz CT molecular complexity index is 791. The number of amides is 1. The van der Waals surface area contributed by atoms with Crippen molar-refractivity contribution in [3.63, 3.8) is 0 Å². The number of hydrogen-bond donors (Lipinski definition) is 2.